The fourth-order valence-corrected chi connectivity index (χ4v) is 3.12. The van der Waals surface area contributed by atoms with Crippen LogP contribution in [0.15, 0.2) is 12.2 Å². The van der Waals surface area contributed by atoms with E-state index in [-0.39, 0.29) is 0 Å². The first-order chi connectivity index (χ1) is 6.31. The smallest absolute Gasteiger partial charge is 0.192 e. The van der Waals surface area contributed by atoms with Crippen LogP contribution in [0.4, 0.5) is 0 Å². The molecule has 2 bridgehead atoms. The molecule has 0 aromatic carbocycles. The molecule has 0 heterocycles. The second-order valence-electron chi connectivity index (χ2n) is 3.84. The molecule has 3 atom stereocenters. The van der Waals surface area contributed by atoms with Gasteiger partial charge in [0.25, 0.3) is 0 Å². The van der Waals surface area contributed by atoms with Gasteiger partial charge in [-0.25, -0.2) is 0 Å². The maximum Gasteiger partial charge on any atom is 0.192 e. The van der Waals surface area contributed by atoms with E-state index in [1.54, 1.807) is 0 Å². The largest absolute Gasteiger partial charge is 0.330 e. The number of hydrogen-bond donors (Lipinski definition) is 1. The molecule has 2 nitrogen and oxygen atoms in total. The van der Waals surface area contributed by atoms with Crippen LogP contribution in [0.1, 0.15) is 12.8 Å². The summed E-state index contributed by atoms with van der Waals surface area (Å²) in [6.07, 6.45) is 6.78. The Hall–Kier alpha value is -0.280. The van der Waals surface area contributed by atoms with E-state index in [4.69, 9.17) is 5.73 Å². The summed E-state index contributed by atoms with van der Waals surface area (Å²) >= 11 is 1.42. The van der Waals surface area contributed by atoms with E-state index in [0.29, 0.717) is 29.4 Å². The average Bonchev–Trinajstić information content (AvgIpc) is 2.74. The van der Waals surface area contributed by atoms with E-state index in [9.17, 15) is 4.79 Å². The van der Waals surface area contributed by atoms with Crippen LogP contribution < -0.4 is 5.73 Å². The molecular weight excluding hydrogens is 182 g/mol. The lowest BCUT2D eigenvalue weighted by Gasteiger charge is -2.15. The van der Waals surface area contributed by atoms with Crippen LogP contribution in [0, 0.1) is 17.8 Å². The third kappa shape index (κ3) is 1.81. The van der Waals surface area contributed by atoms with E-state index in [1.807, 2.05) is 0 Å². The molecule has 0 amide bonds. The first kappa shape index (κ1) is 9.28. The lowest BCUT2D eigenvalue weighted by Crippen LogP contribution is -2.17. The van der Waals surface area contributed by atoms with Crippen LogP contribution in [0.25, 0.3) is 0 Å². The summed E-state index contributed by atoms with van der Waals surface area (Å²) in [6.45, 7) is 0.604. The minimum absolute atomic E-state index is 0.298. The van der Waals surface area contributed by atoms with Gasteiger partial charge in [0.2, 0.25) is 0 Å². The van der Waals surface area contributed by atoms with Gasteiger partial charge in [-0.2, -0.15) is 0 Å². The summed E-state index contributed by atoms with van der Waals surface area (Å²) in [5.41, 5.74) is 5.36. The van der Waals surface area contributed by atoms with E-state index < -0.39 is 0 Å². The molecular formula is C10H15NOS. The van der Waals surface area contributed by atoms with E-state index in [1.165, 1.54) is 18.2 Å². The Bertz CT molecular complexity index is 239. The molecule has 3 heteroatoms. The van der Waals surface area contributed by atoms with Gasteiger partial charge in [0.15, 0.2) is 5.12 Å². The number of hydrogen-bond acceptors (Lipinski definition) is 3. The zero-order valence-electron chi connectivity index (χ0n) is 7.61. The highest BCUT2D eigenvalue weighted by molar-refractivity contribution is 8.13. The Morgan fingerprint density at radius 1 is 1.46 bits per heavy atom. The second kappa shape index (κ2) is 3.84. The van der Waals surface area contributed by atoms with Gasteiger partial charge in [-0.3, -0.25) is 4.79 Å². The molecule has 2 aliphatic carbocycles. The summed E-state index contributed by atoms with van der Waals surface area (Å²) in [7, 11) is 0. The number of fused-ring (bicyclic) bond motifs is 2. The van der Waals surface area contributed by atoms with E-state index >= 15 is 0 Å². The molecule has 0 radical (unpaired) electrons. The predicted octanol–water partition coefficient (Wildman–Crippen LogP) is 1.42. The average molecular weight is 197 g/mol. The minimum atomic E-state index is 0.298. The quantitative estimate of drug-likeness (QED) is 0.696. The van der Waals surface area contributed by atoms with Crippen molar-refractivity contribution < 1.29 is 4.79 Å². The van der Waals surface area contributed by atoms with Gasteiger partial charge >= 0.3 is 0 Å². The first-order valence-corrected chi connectivity index (χ1v) is 5.85. The van der Waals surface area contributed by atoms with E-state index in [2.05, 4.69) is 12.2 Å². The van der Waals surface area contributed by atoms with Gasteiger partial charge in [-0.15, -0.1) is 0 Å². The third-order valence-electron chi connectivity index (χ3n) is 2.94. The van der Waals surface area contributed by atoms with Crippen molar-refractivity contribution in [3.63, 3.8) is 0 Å². The normalized spacial score (nSPS) is 35.6. The van der Waals surface area contributed by atoms with Crippen molar-refractivity contribution in [1.29, 1.82) is 0 Å². The maximum absolute atomic E-state index is 11.7. The fourth-order valence-electron chi connectivity index (χ4n) is 2.32. The SMILES string of the molecule is NCCSC(=O)C1CC2C=CC1C2. The van der Waals surface area contributed by atoms with Gasteiger partial charge in [0, 0.05) is 18.2 Å². The molecule has 2 aliphatic rings. The Morgan fingerprint density at radius 3 is 2.85 bits per heavy atom. The van der Waals surface area contributed by atoms with Crippen molar-refractivity contribution in [2.45, 2.75) is 12.8 Å². The monoisotopic (exact) mass is 197 g/mol. The van der Waals surface area contributed by atoms with Crippen LogP contribution in [-0.2, 0) is 4.79 Å². The molecule has 13 heavy (non-hydrogen) atoms. The molecule has 2 N–H and O–H groups in total. The Kier molecular flexibility index (Phi) is 2.74. The van der Waals surface area contributed by atoms with Crippen LogP contribution >= 0.6 is 11.8 Å². The summed E-state index contributed by atoms with van der Waals surface area (Å²) in [5, 5.41) is 0.363. The molecule has 2 rings (SSSR count). The number of carbonyl (C=O) groups excluding carboxylic acids is 1. The number of carbonyl (C=O) groups is 1. The van der Waals surface area contributed by atoms with Crippen molar-refractivity contribution >= 4 is 16.9 Å². The van der Waals surface area contributed by atoms with Gasteiger partial charge in [-0.05, 0) is 24.7 Å². The molecule has 1 fully saturated rings. The Morgan fingerprint density at radius 2 is 2.31 bits per heavy atom. The van der Waals surface area contributed by atoms with Crippen LogP contribution in [0.3, 0.4) is 0 Å². The standard InChI is InChI=1S/C10H15NOS/c11-3-4-13-10(12)9-6-7-1-2-8(9)5-7/h1-2,7-9H,3-6,11H2. The highest BCUT2D eigenvalue weighted by Gasteiger charge is 2.39. The predicted molar refractivity (Wildman–Crippen MR) is 55.4 cm³/mol. The van der Waals surface area contributed by atoms with Crippen LogP contribution in [0.2, 0.25) is 0 Å². The lowest BCUT2D eigenvalue weighted by molar-refractivity contribution is -0.115. The molecule has 0 saturated heterocycles. The zero-order valence-corrected chi connectivity index (χ0v) is 8.43. The van der Waals surface area contributed by atoms with Gasteiger partial charge in [0.1, 0.15) is 0 Å². The Labute approximate surface area is 82.9 Å². The second-order valence-corrected chi connectivity index (χ2v) is 4.94. The minimum Gasteiger partial charge on any atom is -0.330 e. The van der Waals surface area contributed by atoms with Crippen molar-refractivity contribution in [2.24, 2.45) is 23.5 Å². The molecule has 3 unspecified atom stereocenters. The summed E-state index contributed by atoms with van der Waals surface area (Å²) < 4.78 is 0. The number of nitrogens with two attached hydrogens (primary N) is 1. The summed E-state index contributed by atoms with van der Waals surface area (Å²) in [4.78, 5) is 11.7. The zero-order chi connectivity index (χ0) is 9.26. The van der Waals surface area contributed by atoms with E-state index in [0.717, 1.165) is 12.2 Å². The molecule has 0 aromatic rings. The van der Waals surface area contributed by atoms with Crippen LogP contribution in [-0.4, -0.2) is 17.4 Å². The highest BCUT2D eigenvalue weighted by atomic mass is 32.2. The highest BCUT2D eigenvalue weighted by Crippen LogP contribution is 2.45. The lowest BCUT2D eigenvalue weighted by atomic mass is 9.95. The first-order valence-electron chi connectivity index (χ1n) is 4.86. The number of rotatable bonds is 3. The summed E-state index contributed by atoms with van der Waals surface area (Å²) in [5.74, 6) is 2.31. The van der Waals surface area contributed by atoms with Crippen molar-refractivity contribution in [2.75, 3.05) is 12.3 Å². The van der Waals surface area contributed by atoms with Gasteiger partial charge < -0.3 is 5.73 Å². The fraction of sp³-hybridized carbons (Fsp3) is 0.700. The summed E-state index contributed by atoms with van der Waals surface area (Å²) in [6, 6.07) is 0. The molecule has 1 saturated carbocycles. The van der Waals surface area contributed by atoms with Gasteiger partial charge in [-0.1, -0.05) is 23.9 Å². The van der Waals surface area contributed by atoms with Crippen molar-refractivity contribution in [3.05, 3.63) is 12.2 Å². The maximum atomic E-state index is 11.7. The molecule has 0 aromatic heterocycles. The topological polar surface area (TPSA) is 43.1 Å². The Balaban J connectivity index is 1.88. The number of thioether (sulfide) groups is 1. The van der Waals surface area contributed by atoms with Gasteiger partial charge in [0.05, 0.1) is 0 Å². The molecule has 0 aliphatic heterocycles. The van der Waals surface area contributed by atoms with Crippen molar-refractivity contribution in [3.8, 4) is 0 Å². The van der Waals surface area contributed by atoms with Crippen LogP contribution in [0.5, 0.6) is 0 Å². The third-order valence-corrected chi connectivity index (χ3v) is 3.97. The van der Waals surface area contributed by atoms with Crippen molar-refractivity contribution in [1.82, 2.24) is 0 Å². The molecule has 72 valence electrons. The molecule has 0 spiro atoms. The number of allylic oxidation sites excluding steroid dienone is 2.